The van der Waals surface area contributed by atoms with Crippen molar-refractivity contribution in [3.05, 3.63) is 22.4 Å². The topological polar surface area (TPSA) is 12.9 Å². The van der Waals surface area contributed by atoms with Crippen LogP contribution in [0.15, 0.2) is 21.6 Å². The summed E-state index contributed by atoms with van der Waals surface area (Å²) in [5.74, 6) is 0.431. The van der Waals surface area contributed by atoms with Crippen LogP contribution < -0.4 is 0 Å². The lowest BCUT2D eigenvalue weighted by atomic mass is 10.1. The highest BCUT2D eigenvalue weighted by molar-refractivity contribution is 9.10. The van der Waals surface area contributed by atoms with Crippen molar-refractivity contribution in [1.82, 2.24) is 4.98 Å². The maximum absolute atomic E-state index is 4.34. The second-order valence-corrected chi connectivity index (χ2v) is 3.98. The van der Waals surface area contributed by atoms with Gasteiger partial charge in [0.05, 0.1) is 5.69 Å². The Balaban J connectivity index is 3.17. The summed E-state index contributed by atoms with van der Waals surface area (Å²) >= 11 is 7.74. The molecule has 1 rings (SSSR count). The third-order valence-corrected chi connectivity index (χ3v) is 2.89. The molecule has 0 fully saturated rings. The monoisotopic (exact) mass is 231 g/mol. The molecule has 0 saturated carbocycles. The van der Waals surface area contributed by atoms with Crippen molar-refractivity contribution in [2.24, 2.45) is 0 Å². The van der Waals surface area contributed by atoms with Crippen LogP contribution in [0, 0.1) is 0 Å². The first-order chi connectivity index (χ1) is 5.13. The van der Waals surface area contributed by atoms with Crippen molar-refractivity contribution in [2.45, 2.75) is 24.7 Å². The number of hydrogen-bond acceptors (Lipinski definition) is 2. The van der Waals surface area contributed by atoms with E-state index in [-0.39, 0.29) is 0 Å². The molecule has 1 aromatic heterocycles. The molecule has 0 aliphatic rings. The molecule has 1 aromatic rings. The first-order valence-electron chi connectivity index (χ1n) is 3.46. The van der Waals surface area contributed by atoms with Crippen LogP contribution in [-0.4, -0.2) is 4.98 Å². The summed E-state index contributed by atoms with van der Waals surface area (Å²) in [5, 5.41) is 0. The number of nitrogens with zero attached hydrogens (tertiary/aromatic N) is 1. The number of pyridine rings is 1. The van der Waals surface area contributed by atoms with E-state index in [2.05, 4.69) is 47.4 Å². The highest BCUT2D eigenvalue weighted by atomic mass is 79.9. The minimum absolute atomic E-state index is 0.431. The summed E-state index contributed by atoms with van der Waals surface area (Å²) in [6.45, 7) is 4.21. The number of aromatic nitrogens is 1. The van der Waals surface area contributed by atoms with Gasteiger partial charge in [0, 0.05) is 15.6 Å². The van der Waals surface area contributed by atoms with Crippen molar-refractivity contribution in [1.29, 1.82) is 0 Å². The Morgan fingerprint density at radius 3 is 2.64 bits per heavy atom. The molecule has 0 amide bonds. The molecule has 0 saturated heterocycles. The van der Waals surface area contributed by atoms with Gasteiger partial charge in [-0.15, -0.1) is 12.6 Å². The maximum Gasteiger partial charge on any atom is 0.0573 e. The summed E-state index contributed by atoms with van der Waals surface area (Å²) in [7, 11) is 0. The molecular weight excluding hydrogens is 222 g/mol. The molecule has 11 heavy (non-hydrogen) atoms. The Hall–Kier alpha value is -0.0200. The molecule has 60 valence electrons. The number of halogens is 1. The summed E-state index contributed by atoms with van der Waals surface area (Å²) < 4.78 is 1.01. The molecule has 0 bridgehead atoms. The van der Waals surface area contributed by atoms with Gasteiger partial charge in [0.2, 0.25) is 0 Å². The molecule has 0 N–H and O–H groups in total. The molecule has 1 heterocycles. The van der Waals surface area contributed by atoms with E-state index in [0.717, 1.165) is 15.1 Å². The van der Waals surface area contributed by atoms with E-state index in [9.17, 15) is 0 Å². The number of thiol groups is 1. The van der Waals surface area contributed by atoms with Gasteiger partial charge in [-0.2, -0.15) is 0 Å². The lowest BCUT2D eigenvalue weighted by Crippen LogP contribution is -1.93. The van der Waals surface area contributed by atoms with Gasteiger partial charge in [0.1, 0.15) is 0 Å². The fraction of sp³-hybridized carbons (Fsp3) is 0.375. The van der Waals surface area contributed by atoms with Crippen LogP contribution in [0.4, 0.5) is 0 Å². The third kappa shape index (κ3) is 1.97. The normalized spacial score (nSPS) is 10.6. The minimum atomic E-state index is 0.431. The Bertz CT molecular complexity index is 260. The van der Waals surface area contributed by atoms with Gasteiger partial charge in [-0.05, 0) is 27.9 Å². The third-order valence-electron chi connectivity index (χ3n) is 1.45. The van der Waals surface area contributed by atoms with Crippen molar-refractivity contribution >= 4 is 28.6 Å². The van der Waals surface area contributed by atoms with Gasteiger partial charge in [-0.25, -0.2) is 0 Å². The summed E-state index contributed by atoms with van der Waals surface area (Å²) in [5.41, 5.74) is 1.04. The van der Waals surface area contributed by atoms with Crippen LogP contribution in [0.2, 0.25) is 0 Å². The molecule has 0 aliphatic carbocycles. The molecule has 0 spiro atoms. The zero-order valence-electron chi connectivity index (χ0n) is 6.50. The van der Waals surface area contributed by atoms with Crippen LogP contribution >= 0.6 is 28.6 Å². The molecule has 0 atom stereocenters. The first-order valence-corrected chi connectivity index (χ1v) is 4.70. The van der Waals surface area contributed by atoms with Gasteiger partial charge in [0.25, 0.3) is 0 Å². The Morgan fingerprint density at radius 2 is 2.18 bits per heavy atom. The van der Waals surface area contributed by atoms with E-state index in [1.165, 1.54) is 0 Å². The van der Waals surface area contributed by atoms with E-state index in [4.69, 9.17) is 0 Å². The van der Waals surface area contributed by atoms with Crippen molar-refractivity contribution in [3.63, 3.8) is 0 Å². The van der Waals surface area contributed by atoms with Crippen LogP contribution in [0.5, 0.6) is 0 Å². The van der Waals surface area contributed by atoms with Gasteiger partial charge in [0.15, 0.2) is 0 Å². The van der Waals surface area contributed by atoms with Crippen LogP contribution in [0.25, 0.3) is 0 Å². The number of rotatable bonds is 1. The first kappa shape index (κ1) is 9.07. The van der Waals surface area contributed by atoms with Crippen LogP contribution in [0.1, 0.15) is 25.5 Å². The van der Waals surface area contributed by atoms with E-state index < -0.39 is 0 Å². The van der Waals surface area contributed by atoms with Crippen molar-refractivity contribution in [2.75, 3.05) is 0 Å². The minimum Gasteiger partial charge on any atom is -0.260 e. The Labute approximate surface area is 80.8 Å². The summed E-state index contributed by atoms with van der Waals surface area (Å²) in [6, 6.07) is 1.90. The Kier molecular flexibility index (Phi) is 2.96. The standard InChI is InChI=1S/C8H10BrNS/c1-5(2)7-8(11)6(9)3-4-10-7/h3-5,11H,1-2H3. The summed E-state index contributed by atoms with van der Waals surface area (Å²) in [4.78, 5) is 5.18. The van der Waals surface area contributed by atoms with Gasteiger partial charge >= 0.3 is 0 Å². The smallest absolute Gasteiger partial charge is 0.0573 e. The second-order valence-electron chi connectivity index (χ2n) is 2.68. The molecule has 3 heteroatoms. The molecule has 0 radical (unpaired) electrons. The zero-order valence-corrected chi connectivity index (χ0v) is 8.98. The zero-order chi connectivity index (χ0) is 8.43. The van der Waals surface area contributed by atoms with Crippen LogP contribution in [0.3, 0.4) is 0 Å². The molecule has 0 aliphatic heterocycles. The maximum atomic E-state index is 4.34. The van der Waals surface area contributed by atoms with Gasteiger partial charge < -0.3 is 0 Å². The SMILES string of the molecule is CC(C)c1nccc(Br)c1S. The predicted molar refractivity (Wildman–Crippen MR) is 53.3 cm³/mol. The number of hydrogen-bond donors (Lipinski definition) is 1. The van der Waals surface area contributed by atoms with Gasteiger partial charge in [-0.3, -0.25) is 4.98 Å². The van der Waals surface area contributed by atoms with Crippen molar-refractivity contribution < 1.29 is 0 Å². The summed E-state index contributed by atoms with van der Waals surface area (Å²) in [6.07, 6.45) is 1.79. The average Bonchev–Trinajstić information content (AvgIpc) is 1.94. The van der Waals surface area contributed by atoms with Crippen LogP contribution in [-0.2, 0) is 0 Å². The second kappa shape index (κ2) is 3.59. The van der Waals surface area contributed by atoms with E-state index >= 15 is 0 Å². The fourth-order valence-electron chi connectivity index (χ4n) is 0.868. The van der Waals surface area contributed by atoms with E-state index in [1.54, 1.807) is 6.20 Å². The lowest BCUT2D eigenvalue weighted by Gasteiger charge is -2.07. The molecule has 1 nitrogen and oxygen atoms in total. The van der Waals surface area contributed by atoms with Crippen molar-refractivity contribution in [3.8, 4) is 0 Å². The Morgan fingerprint density at radius 1 is 1.55 bits per heavy atom. The molecule has 0 aromatic carbocycles. The fourth-order valence-corrected chi connectivity index (χ4v) is 1.58. The van der Waals surface area contributed by atoms with Gasteiger partial charge in [-0.1, -0.05) is 13.8 Å². The van der Waals surface area contributed by atoms with E-state index in [0.29, 0.717) is 5.92 Å². The highest BCUT2D eigenvalue weighted by Gasteiger charge is 2.06. The highest BCUT2D eigenvalue weighted by Crippen LogP contribution is 2.26. The lowest BCUT2D eigenvalue weighted by molar-refractivity contribution is 0.793. The van der Waals surface area contributed by atoms with E-state index in [1.807, 2.05) is 6.07 Å². The molecular formula is C8H10BrNS. The molecule has 0 unspecified atom stereocenters. The average molecular weight is 232 g/mol. The predicted octanol–water partition coefficient (Wildman–Crippen LogP) is 3.26. The largest absolute Gasteiger partial charge is 0.260 e. The quantitative estimate of drug-likeness (QED) is 0.733.